The lowest BCUT2D eigenvalue weighted by atomic mass is 10.1. The smallest absolute Gasteiger partial charge is 0.119 e. The van der Waals surface area contributed by atoms with Crippen molar-refractivity contribution in [3.8, 4) is 5.75 Å². The van der Waals surface area contributed by atoms with Crippen molar-refractivity contribution in [2.45, 2.75) is 13.1 Å². The number of nitrogens with zero attached hydrogens (tertiary/aromatic N) is 1. The molecule has 0 aliphatic carbocycles. The van der Waals surface area contributed by atoms with Crippen LogP contribution in [0.15, 0.2) is 48.5 Å². The van der Waals surface area contributed by atoms with E-state index in [0.29, 0.717) is 6.54 Å². The molecule has 0 spiro atoms. The average molecular weight is 256 g/mol. The second-order valence-corrected chi connectivity index (χ2v) is 4.53. The lowest BCUT2D eigenvalue weighted by Gasteiger charge is -2.21. The minimum Gasteiger partial charge on any atom is -0.497 e. The summed E-state index contributed by atoms with van der Waals surface area (Å²) in [7, 11) is 3.76. The third-order valence-electron chi connectivity index (χ3n) is 3.26. The number of ether oxygens (including phenoxy) is 1. The quantitative estimate of drug-likeness (QED) is 0.894. The van der Waals surface area contributed by atoms with Crippen molar-refractivity contribution >= 4 is 5.69 Å². The lowest BCUT2D eigenvalue weighted by molar-refractivity contribution is 0.415. The summed E-state index contributed by atoms with van der Waals surface area (Å²) in [4.78, 5) is 2.20. The van der Waals surface area contributed by atoms with Crippen LogP contribution in [0.2, 0.25) is 0 Å². The number of benzene rings is 2. The topological polar surface area (TPSA) is 38.5 Å². The first-order valence-electron chi connectivity index (χ1n) is 6.36. The molecule has 2 aromatic rings. The standard InChI is InChI=1S/C16H20N2O/c1-18(15-7-9-16(19-2)10-8-15)12-14-6-4-3-5-13(14)11-17/h3-10H,11-12,17H2,1-2H3. The van der Waals surface area contributed by atoms with Crippen molar-refractivity contribution in [2.75, 3.05) is 19.1 Å². The van der Waals surface area contributed by atoms with Crippen LogP contribution in [0.5, 0.6) is 5.75 Å². The molecule has 0 saturated carbocycles. The summed E-state index contributed by atoms with van der Waals surface area (Å²) in [6.07, 6.45) is 0. The molecular formula is C16H20N2O. The number of nitrogens with two attached hydrogens (primary N) is 1. The zero-order valence-electron chi connectivity index (χ0n) is 11.5. The fourth-order valence-electron chi connectivity index (χ4n) is 2.09. The van der Waals surface area contributed by atoms with Crippen LogP contribution < -0.4 is 15.4 Å². The molecule has 0 aliphatic rings. The molecule has 0 radical (unpaired) electrons. The number of methoxy groups -OCH3 is 1. The summed E-state index contributed by atoms with van der Waals surface area (Å²) in [5, 5.41) is 0. The van der Waals surface area contributed by atoms with E-state index in [2.05, 4.69) is 42.3 Å². The SMILES string of the molecule is COc1ccc(N(C)Cc2ccccc2CN)cc1. The molecule has 0 bridgehead atoms. The van der Waals surface area contributed by atoms with Gasteiger partial charge in [-0.3, -0.25) is 0 Å². The molecule has 0 amide bonds. The van der Waals surface area contributed by atoms with Crippen molar-refractivity contribution < 1.29 is 4.74 Å². The van der Waals surface area contributed by atoms with Gasteiger partial charge in [-0.15, -0.1) is 0 Å². The van der Waals surface area contributed by atoms with Crippen LogP contribution in [0.25, 0.3) is 0 Å². The minimum absolute atomic E-state index is 0.576. The van der Waals surface area contributed by atoms with E-state index in [1.165, 1.54) is 11.1 Å². The first kappa shape index (κ1) is 13.4. The maximum absolute atomic E-state index is 5.77. The summed E-state index contributed by atoms with van der Waals surface area (Å²) in [5.74, 6) is 0.875. The van der Waals surface area contributed by atoms with Gasteiger partial charge < -0.3 is 15.4 Å². The van der Waals surface area contributed by atoms with Crippen LogP contribution in [-0.2, 0) is 13.1 Å². The summed E-state index contributed by atoms with van der Waals surface area (Å²) < 4.78 is 5.17. The molecule has 0 unspecified atom stereocenters. The van der Waals surface area contributed by atoms with Gasteiger partial charge in [-0.1, -0.05) is 24.3 Å². The predicted octanol–water partition coefficient (Wildman–Crippen LogP) is 2.79. The van der Waals surface area contributed by atoms with E-state index in [1.807, 2.05) is 18.2 Å². The first-order valence-corrected chi connectivity index (χ1v) is 6.36. The average Bonchev–Trinajstić information content (AvgIpc) is 2.48. The highest BCUT2D eigenvalue weighted by Crippen LogP contribution is 2.20. The zero-order valence-corrected chi connectivity index (χ0v) is 11.5. The summed E-state index contributed by atoms with van der Waals surface area (Å²) >= 11 is 0. The van der Waals surface area contributed by atoms with E-state index in [1.54, 1.807) is 7.11 Å². The van der Waals surface area contributed by atoms with Crippen molar-refractivity contribution in [3.05, 3.63) is 59.7 Å². The maximum atomic E-state index is 5.77. The molecule has 3 nitrogen and oxygen atoms in total. The maximum Gasteiger partial charge on any atom is 0.119 e. The van der Waals surface area contributed by atoms with Crippen LogP contribution in [-0.4, -0.2) is 14.2 Å². The number of hydrogen-bond acceptors (Lipinski definition) is 3. The lowest BCUT2D eigenvalue weighted by Crippen LogP contribution is -2.18. The number of rotatable bonds is 5. The zero-order chi connectivity index (χ0) is 13.7. The number of anilines is 1. The molecule has 3 heteroatoms. The summed E-state index contributed by atoms with van der Waals surface area (Å²) in [6.45, 7) is 1.42. The van der Waals surface area contributed by atoms with Crippen LogP contribution in [0.4, 0.5) is 5.69 Å². The molecule has 0 saturated heterocycles. The van der Waals surface area contributed by atoms with Gasteiger partial charge in [0.05, 0.1) is 7.11 Å². The Hall–Kier alpha value is -2.00. The van der Waals surface area contributed by atoms with Crippen molar-refractivity contribution in [2.24, 2.45) is 5.73 Å². The minimum atomic E-state index is 0.576. The molecule has 0 atom stereocenters. The molecule has 0 heterocycles. The van der Waals surface area contributed by atoms with E-state index >= 15 is 0 Å². The Balaban J connectivity index is 2.13. The second kappa shape index (κ2) is 6.25. The van der Waals surface area contributed by atoms with Crippen molar-refractivity contribution in [3.63, 3.8) is 0 Å². The highest BCUT2D eigenvalue weighted by molar-refractivity contribution is 5.49. The largest absolute Gasteiger partial charge is 0.497 e. The Labute approximate surface area is 114 Å². The van der Waals surface area contributed by atoms with Gasteiger partial charge in [-0.05, 0) is 35.4 Å². The van der Waals surface area contributed by atoms with Gasteiger partial charge >= 0.3 is 0 Å². The van der Waals surface area contributed by atoms with Gasteiger partial charge in [0.15, 0.2) is 0 Å². The van der Waals surface area contributed by atoms with Gasteiger partial charge in [-0.2, -0.15) is 0 Å². The fraction of sp³-hybridized carbons (Fsp3) is 0.250. The third-order valence-corrected chi connectivity index (χ3v) is 3.26. The Morgan fingerprint density at radius 2 is 1.63 bits per heavy atom. The van der Waals surface area contributed by atoms with Crippen LogP contribution >= 0.6 is 0 Å². The van der Waals surface area contributed by atoms with Crippen LogP contribution in [0, 0.1) is 0 Å². The van der Waals surface area contributed by atoms with E-state index in [4.69, 9.17) is 10.5 Å². The van der Waals surface area contributed by atoms with Crippen molar-refractivity contribution in [1.29, 1.82) is 0 Å². The van der Waals surface area contributed by atoms with Gasteiger partial charge in [0.25, 0.3) is 0 Å². The highest BCUT2D eigenvalue weighted by Gasteiger charge is 2.05. The Kier molecular flexibility index (Phi) is 4.42. The van der Waals surface area contributed by atoms with E-state index in [-0.39, 0.29) is 0 Å². The van der Waals surface area contributed by atoms with Gasteiger partial charge in [0.2, 0.25) is 0 Å². The van der Waals surface area contributed by atoms with Crippen molar-refractivity contribution in [1.82, 2.24) is 0 Å². The normalized spacial score (nSPS) is 10.3. The van der Waals surface area contributed by atoms with Crippen LogP contribution in [0.3, 0.4) is 0 Å². The van der Waals surface area contributed by atoms with Crippen LogP contribution in [0.1, 0.15) is 11.1 Å². The molecule has 0 fully saturated rings. The van der Waals surface area contributed by atoms with Gasteiger partial charge in [-0.25, -0.2) is 0 Å². The third kappa shape index (κ3) is 3.26. The molecule has 100 valence electrons. The summed E-state index contributed by atoms with van der Waals surface area (Å²) in [6, 6.07) is 16.4. The fourth-order valence-corrected chi connectivity index (χ4v) is 2.09. The molecule has 0 aliphatic heterocycles. The second-order valence-electron chi connectivity index (χ2n) is 4.53. The molecule has 2 aromatic carbocycles. The predicted molar refractivity (Wildman–Crippen MR) is 79.4 cm³/mol. The van der Waals surface area contributed by atoms with Gasteiger partial charge in [0.1, 0.15) is 5.75 Å². The monoisotopic (exact) mass is 256 g/mol. The first-order chi connectivity index (χ1) is 9.24. The molecule has 2 rings (SSSR count). The van der Waals surface area contributed by atoms with Gasteiger partial charge in [0, 0.05) is 25.8 Å². The van der Waals surface area contributed by atoms with E-state index in [9.17, 15) is 0 Å². The Morgan fingerprint density at radius 1 is 1.00 bits per heavy atom. The molecule has 19 heavy (non-hydrogen) atoms. The molecule has 2 N–H and O–H groups in total. The Morgan fingerprint density at radius 3 is 2.21 bits per heavy atom. The molecular weight excluding hydrogens is 236 g/mol. The number of hydrogen-bond donors (Lipinski definition) is 1. The van der Waals surface area contributed by atoms with E-state index in [0.717, 1.165) is 18.0 Å². The Bertz CT molecular complexity index is 523. The summed E-state index contributed by atoms with van der Waals surface area (Å²) in [5.41, 5.74) is 9.39. The van der Waals surface area contributed by atoms with E-state index < -0.39 is 0 Å². The highest BCUT2D eigenvalue weighted by atomic mass is 16.5. The molecule has 0 aromatic heterocycles.